The summed E-state index contributed by atoms with van der Waals surface area (Å²) in [6.07, 6.45) is 0.954. The first-order chi connectivity index (χ1) is 10.1. The summed E-state index contributed by atoms with van der Waals surface area (Å²) in [5, 5.41) is 4.17. The summed E-state index contributed by atoms with van der Waals surface area (Å²) >= 11 is 5.86. The molecular weight excluding hydrogens is 284 g/mol. The van der Waals surface area contributed by atoms with E-state index >= 15 is 0 Å². The summed E-state index contributed by atoms with van der Waals surface area (Å²) in [4.78, 5) is 11.1. The first kappa shape index (κ1) is 15.5. The fourth-order valence-electron chi connectivity index (χ4n) is 2.15. The molecule has 0 saturated carbocycles. The second-order valence-electron chi connectivity index (χ2n) is 5.06. The number of benzene rings is 2. The number of nitrogens with one attached hydrogen (secondary N) is 1. The van der Waals surface area contributed by atoms with Crippen molar-refractivity contribution >= 4 is 17.5 Å². The second-order valence-corrected chi connectivity index (χ2v) is 5.50. The number of carbonyl (C=O) groups is 1. The summed E-state index contributed by atoms with van der Waals surface area (Å²) in [6.45, 7) is 3.65. The van der Waals surface area contributed by atoms with E-state index in [1.165, 1.54) is 11.1 Å². The highest BCUT2D eigenvalue weighted by molar-refractivity contribution is 6.30. The van der Waals surface area contributed by atoms with Crippen molar-refractivity contribution in [1.29, 1.82) is 0 Å². The zero-order valence-electron chi connectivity index (χ0n) is 12.0. The monoisotopic (exact) mass is 302 g/mol. The fourth-order valence-corrected chi connectivity index (χ4v) is 2.28. The van der Waals surface area contributed by atoms with Crippen molar-refractivity contribution in [3.05, 3.63) is 69.7 Å². The van der Waals surface area contributed by atoms with E-state index in [1.807, 2.05) is 43.3 Å². The van der Waals surface area contributed by atoms with Gasteiger partial charge in [0.25, 0.3) is 0 Å². The lowest BCUT2D eigenvalue weighted by Gasteiger charge is -2.09. The fraction of sp³-hybridized carbons (Fsp3) is 0.235. The molecule has 2 aromatic rings. The number of amides is 1. The number of rotatable bonds is 6. The molecule has 0 saturated heterocycles. The molecule has 3 N–H and O–H groups in total. The summed E-state index contributed by atoms with van der Waals surface area (Å²) in [7, 11) is 0. The maximum atomic E-state index is 11.1. The van der Waals surface area contributed by atoms with Crippen LogP contribution in [0.4, 0.5) is 0 Å². The minimum Gasteiger partial charge on any atom is -0.366 e. The molecule has 3 nitrogen and oxygen atoms in total. The summed E-state index contributed by atoms with van der Waals surface area (Å²) in [5.74, 6) is -0.389. The van der Waals surface area contributed by atoms with Gasteiger partial charge in [-0.15, -0.1) is 0 Å². The molecule has 0 aliphatic rings. The number of hydrogen-bond acceptors (Lipinski definition) is 2. The van der Waals surface area contributed by atoms with E-state index in [1.54, 1.807) is 6.07 Å². The van der Waals surface area contributed by atoms with Gasteiger partial charge in [-0.3, -0.25) is 4.79 Å². The molecule has 1 amide bonds. The van der Waals surface area contributed by atoms with Gasteiger partial charge in [-0.25, -0.2) is 0 Å². The van der Waals surface area contributed by atoms with Gasteiger partial charge in [0.2, 0.25) is 5.91 Å². The predicted molar refractivity (Wildman–Crippen MR) is 86.6 cm³/mol. The SMILES string of the molecule is Cc1cc(C(N)=O)ccc1CNCCc1ccc(Cl)cc1. The maximum absolute atomic E-state index is 11.1. The normalized spacial score (nSPS) is 10.6. The molecule has 0 atom stereocenters. The minimum atomic E-state index is -0.389. The van der Waals surface area contributed by atoms with Crippen molar-refractivity contribution in [2.45, 2.75) is 19.9 Å². The Balaban J connectivity index is 1.83. The van der Waals surface area contributed by atoms with Gasteiger partial charge in [0.05, 0.1) is 0 Å². The Morgan fingerprint density at radius 2 is 1.90 bits per heavy atom. The Morgan fingerprint density at radius 3 is 2.52 bits per heavy atom. The Hall–Kier alpha value is -1.84. The maximum Gasteiger partial charge on any atom is 0.248 e. The third-order valence-corrected chi connectivity index (χ3v) is 3.70. The third kappa shape index (κ3) is 4.59. The van der Waals surface area contributed by atoms with E-state index in [0.717, 1.165) is 30.1 Å². The lowest BCUT2D eigenvalue weighted by atomic mass is 10.0. The van der Waals surface area contributed by atoms with Crippen molar-refractivity contribution in [3.63, 3.8) is 0 Å². The van der Waals surface area contributed by atoms with Crippen molar-refractivity contribution in [1.82, 2.24) is 5.32 Å². The molecule has 110 valence electrons. The lowest BCUT2D eigenvalue weighted by molar-refractivity contribution is 0.1000. The number of carbonyl (C=O) groups excluding carboxylic acids is 1. The molecule has 0 spiro atoms. The smallest absolute Gasteiger partial charge is 0.248 e. The highest BCUT2D eigenvalue weighted by Crippen LogP contribution is 2.11. The molecule has 0 fully saturated rings. The van der Waals surface area contributed by atoms with E-state index in [9.17, 15) is 4.79 Å². The molecule has 2 rings (SSSR count). The number of hydrogen-bond donors (Lipinski definition) is 2. The summed E-state index contributed by atoms with van der Waals surface area (Å²) in [6, 6.07) is 13.4. The zero-order valence-corrected chi connectivity index (χ0v) is 12.8. The highest BCUT2D eigenvalue weighted by Gasteiger charge is 2.04. The van der Waals surface area contributed by atoms with Crippen LogP contribution in [0.1, 0.15) is 27.0 Å². The Kier molecular flexibility index (Phi) is 5.37. The Bertz CT molecular complexity index is 623. The molecule has 0 heterocycles. The molecule has 0 aromatic heterocycles. The number of aryl methyl sites for hydroxylation is 1. The van der Waals surface area contributed by atoms with Crippen LogP contribution in [0.15, 0.2) is 42.5 Å². The Labute approximate surface area is 130 Å². The van der Waals surface area contributed by atoms with Crippen molar-refractivity contribution < 1.29 is 4.79 Å². The average Bonchev–Trinajstić information content (AvgIpc) is 2.46. The number of nitrogens with two attached hydrogens (primary N) is 1. The summed E-state index contributed by atoms with van der Waals surface area (Å²) < 4.78 is 0. The minimum absolute atomic E-state index is 0.389. The standard InChI is InChI=1S/C17H19ClN2O/c1-12-10-14(17(19)21)4-5-15(12)11-20-9-8-13-2-6-16(18)7-3-13/h2-7,10,20H,8-9,11H2,1H3,(H2,19,21). The topological polar surface area (TPSA) is 55.1 Å². The van der Waals surface area contributed by atoms with Crippen LogP contribution < -0.4 is 11.1 Å². The van der Waals surface area contributed by atoms with Crippen LogP contribution in [-0.2, 0) is 13.0 Å². The van der Waals surface area contributed by atoms with Gasteiger partial charge in [0.15, 0.2) is 0 Å². The first-order valence-electron chi connectivity index (χ1n) is 6.91. The van der Waals surface area contributed by atoms with Crippen LogP contribution in [0, 0.1) is 6.92 Å². The van der Waals surface area contributed by atoms with Gasteiger partial charge in [0, 0.05) is 17.1 Å². The quantitative estimate of drug-likeness (QED) is 0.806. The molecule has 0 unspecified atom stereocenters. The van der Waals surface area contributed by atoms with Crippen molar-refractivity contribution in [2.75, 3.05) is 6.54 Å². The van der Waals surface area contributed by atoms with Crippen LogP contribution >= 0.6 is 11.6 Å². The molecule has 4 heteroatoms. The van der Waals surface area contributed by atoms with E-state index in [4.69, 9.17) is 17.3 Å². The van der Waals surface area contributed by atoms with Gasteiger partial charge >= 0.3 is 0 Å². The lowest BCUT2D eigenvalue weighted by Crippen LogP contribution is -2.18. The molecule has 21 heavy (non-hydrogen) atoms. The molecular formula is C17H19ClN2O. The van der Waals surface area contributed by atoms with E-state index in [0.29, 0.717) is 5.56 Å². The number of halogens is 1. The molecule has 0 bridgehead atoms. The molecule has 0 aliphatic heterocycles. The van der Waals surface area contributed by atoms with E-state index in [-0.39, 0.29) is 5.91 Å². The zero-order chi connectivity index (χ0) is 15.2. The second kappa shape index (κ2) is 7.25. The van der Waals surface area contributed by atoms with E-state index < -0.39 is 0 Å². The Morgan fingerprint density at radius 1 is 1.19 bits per heavy atom. The van der Waals surface area contributed by atoms with Crippen LogP contribution in [0.3, 0.4) is 0 Å². The largest absolute Gasteiger partial charge is 0.366 e. The molecule has 2 aromatic carbocycles. The predicted octanol–water partition coefficient (Wildman–Crippen LogP) is 3.08. The molecule has 0 aliphatic carbocycles. The van der Waals surface area contributed by atoms with Gasteiger partial charge in [-0.2, -0.15) is 0 Å². The van der Waals surface area contributed by atoms with Gasteiger partial charge < -0.3 is 11.1 Å². The highest BCUT2D eigenvalue weighted by atomic mass is 35.5. The first-order valence-corrected chi connectivity index (χ1v) is 7.28. The third-order valence-electron chi connectivity index (χ3n) is 3.45. The van der Waals surface area contributed by atoms with Crippen LogP contribution in [0.25, 0.3) is 0 Å². The summed E-state index contributed by atoms with van der Waals surface area (Å²) in [5.41, 5.74) is 9.33. The van der Waals surface area contributed by atoms with Gasteiger partial charge in [-0.1, -0.05) is 29.8 Å². The van der Waals surface area contributed by atoms with E-state index in [2.05, 4.69) is 5.32 Å². The van der Waals surface area contributed by atoms with Crippen molar-refractivity contribution in [3.8, 4) is 0 Å². The van der Waals surface area contributed by atoms with Crippen LogP contribution in [0.2, 0.25) is 5.02 Å². The van der Waals surface area contributed by atoms with Gasteiger partial charge in [-0.05, 0) is 60.8 Å². The van der Waals surface area contributed by atoms with Crippen LogP contribution in [0.5, 0.6) is 0 Å². The molecule has 0 radical (unpaired) electrons. The van der Waals surface area contributed by atoms with Gasteiger partial charge in [0.1, 0.15) is 0 Å². The van der Waals surface area contributed by atoms with Crippen LogP contribution in [-0.4, -0.2) is 12.5 Å². The number of primary amides is 1. The average molecular weight is 303 g/mol. The van der Waals surface area contributed by atoms with Crippen molar-refractivity contribution in [2.24, 2.45) is 5.73 Å².